The Bertz CT molecular complexity index is 171. The summed E-state index contributed by atoms with van der Waals surface area (Å²) in [6.07, 6.45) is 2.88. The standard InChI is InChI=1S/C11H20F3N/c1-9(15-8-11(12,13)14)10-6-4-2-3-5-7-10/h9-10,15H,2-8H2,1H3/t9-/m1/s1. The Morgan fingerprint density at radius 2 is 1.67 bits per heavy atom. The molecule has 0 saturated heterocycles. The van der Waals surface area contributed by atoms with E-state index in [1.54, 1.807) is 0 Å². The molecule has 0 spiro atoms. The zero-order valence-corrected chi connectivity index (χ0v) is 9.24. The molecule has 1 aliphatic rings. The molecule has 0 amide bonds. The van der Waals surface area contributed by atoms with E-state index in [0.29, 0.717) is 5.92 Å². The lowest BCUT2D eigenvalue weighted by Crippen LogP contribution is -2.39. The van der Waals surface area contributed by atoms with Gasteiger partial charge in [-0.2, -0.15) is 13.2 Å². The molecule has 1 saturated carbocycles. The van der Waals surface area contributed by atoms with E-state index in [9.17, 15) is 13.2 Å². The van der Waals surface area contributed by atoms with Crippen molar-refractivity contribution >= 4 is 0 Å². The first-order valence-corrected chi connectivity index (χ1v) is 5.79. The van der Waals surface area contributed by atoms with Gasteiger partial charge in [-0.05, 0) is 25.7 Å². The van der Waals surface area contributed by atoms with Gasteiger partial charge in [-0.3, -0.25) is 0 Å². The van der Waals surface area contributed by atoms with E-state index in [-0.39, 0.29) is 6.04 Å². The van der Waals surface area contributed by atoms with Crippen LogP contribution in [0.15, 0.2) is 0 Å². The van der Waals surface area contributed by atoms with Crippen LogP contribution in [0.3, 0.4) is 0 Å². The summed E-state index contributed by atoms with van der Waals surface area (Å²) in [7, 11) is 0. The van der Waals surface area contributed by atoms with Crippen molar-refractivity contribution in [3.8, 4) is 0 Å². The zero-order chi connectivity index (χ0) is 11.3. The molecular formula is C11H20F3N. The van der Waals surface area contributed by atoms with E-state index >= 15 is 0 Å². The lowest BCUT2D eigenvalue weighted by atomic mass is 9.93. The molecule has 4 heteroatoms. The third-order valence-corrected chi connectivity index (χ3v) is 3.23. The molecule has 0 unspecified atom stereocenters. The highest BCUT2D eigenvalue weighted by molar-refractivity contribution is 4.75. The van der Waals surface area contributed by atoms with Crippen LogP contribution in [0.5, 0.6) is 0 Å². The summed E-state index contributed by atoms with van der Waals surface area (Å²) in [4.78, 5) is 0. The van der Waals surface area contributed by atoms with Gasteiger partial charge in [0.1, 0.15) is 0 Å². The van der Waals surface area contributed by atoms with Gasteiger partial charge in [0.2, 0.25) is 0 Å². The predicted molar refractivity (Wildman–Crippen MR) is 54.7 cm³/mol. The van der Waals surface area contributed by atoms with Crippen LogP contribution in [0.4, 0.5) is 13.2 Å². The number of hydrogen-bond donors (Lipinski definition) is 1. The third kappa shape index (κ3) is 5.40. The van der Waals surface area contributed by atoms with E-state index in [2.05, 4.69) is 5.32 Å². The van der Waals surface area contributed by atoms with Crippen LogP contribution >= 0.6 is 0 Å². The van der Waals surface area contributed by atoms with Crippen molar-refractivity contribution in [3.63, 3.8) is 0 Å². The normalized spacial score (nSPS) is 22.4. The Hall–Kier alpha value is -0.250. The summed E-state index contributed by atoms with van der Waals surface area (Å²) in [6, 6.07) is -0.00951. The van der Waals surface area contributed by atoms with Crippen LogP contribution in [0.25, 0.3) is 0 Å². The molecule has 0 aromatic rings. The Balaban J connectivity index is 2.28. The molecule has 1 fully saturated rings. The lowest BCUT2D eigenvalue weighted by Gasteiger charge is -2.24. The van der Waals surface area contributed by atoms with Gasteiger partial charge < -0.3 is 5.32 Å². The second kappa shape index (κ2) is 5.73. The molecule has 0 aliphatic heterocycles. The summed E-state index contributed by atoms with van der Waals surface area (Å²) in [5.74, 6) is 0.426. The number of hydrogen-bond acceptors (Lipinski definition) is 1. The van der Waals surface area contributed by atoms with E-state index in [1.807, 2.05) is 6.92 Å². The Morgan fingerprint density at radius 3 is 2.13 bits per heavy atom. The molecule has 0 heterocycles. The van der Waals surface area contributed by atoms with Crippen LogP contribution in [-0.2, 0) is 0 Å². The maximum absolute atomic E-state index is 12.0. The molecule has 0 aromatic carbocycles. The van der Waals surface area contributed by atoms with E-state index < -0.39 is 12.7 Å². The monoisotopic (exact) mass is 223 g/mol. The highest BCUT2D eigenvalue weighted by Crippen LogP contribution is 2.25. The van der Waals surface area contributed by atoms with Gasteiger partial charge in [-0.1, -0.05) is 25.7 Å². The number of alkyl halides is 3. The average molecular weight is 223 g/mol. The van der Waals surface area contributed by atoms with Crippen LogP contribution < -0.4 is 5.32 Å². The third-order valence-electron chi connectivity index (χ3n) is 3.23. The van der Waals surface area contributed by atoms with E-state index in [1.165, 1.54) is 25.7 Å². The van der Waals surface area contributed by atoms with Crippen molar-refractivity contribution in [2.45, 2.75) is 57.7 Å². The Morgan fingerprint density at radius 1 is 1.13 bits per heavy atom. The smallest absolute Gasteiger partial charge is 0.306 e. The van der Waals surface area contributed by atoms with Gasteiger partial charge in [-0.25, -0.2) is 0 Å². The van der Waals surface area contributed by atoms with Crippen molar-refractivity contribution in [2.75, 3.05) is 6.54 Å². The second-order valence-electron chi connectivity index (χ2n) is 4.54. The van der Waals surface area contributed by atoms with Gasteiger partial charge in [0.25, 0.3) is 0 Å². The molecule has 15 heavy (non-hydrogen) atoms. The number of rotatable bonds is 3. The maximum atomic E-state index is 12.0. The summed E-state index contributed by atoms with van der Waals surface area (Å²) in [5, 5.41) is 2.60. The Labute approximate surface area is 89.4 Å². The molecule has 0 bridgehead atoms. The van der Waals surface area contributed by atoms with Crippen LogP contribution in [0, 0.1) is 5.92 Å². The minimum Gasteiger partial charge on any atom is -0.306 e. The quantitative estimate of drug-likeness (QED) is 0.722. The maximum Gasteiger partial charge on any atom is 0.401 e. The van der Waals surface area contributed by atoms with Gasteiger partial charge in [0.05, 0.1) is 6.54 Å². The topological polar surface area (TPSA) is 12.0 Å². The molecular weight excluding hydrogens is 203 g/mol. The largest absolute Gasteiger partial charge is 0.401 e. The SMILES string of the molecule is C[C@@H](NCC(F)(F)F)C1CCCCCC1. The summed E-state index contributed by atoms with van der Waals surface area (Å²) in [6.45, 7) is 1.02. The number of nitrogens with one attached hydrogen (secondary N) is 1. The lowest BCUT2D eigenvalue weighted by molar-refractivity contribution is -0.126. The summed E-state index contributed by atoms with van der Waals surface area (Å²) in [5.41, 5.74) is 0. The highest BCUT2D eigenvalue weighted by atomic mass is 19.4. The van der Waals surface area contributed by atoms with Crippen LogP contribution in [-0.4, -0.2) is 18.8 Å². The molecule has 0 aromatic heterocycles. The van der Waals surface area contributed by atoms with Crippen LogP contribution in [0.2, 0.25) is 0 Å². The van der Waals surface area contributed by atoms with Crippen molar-refractivity contribution < 1.29 is 13.2 Å². The molecule has 1 aliphatic carbocycles. The van der Waals surface area contributed by atoms with E-state index in [0.717, 1.165) is 12.8 Å². The van der Waals surface area contributed by atoms with Gasteiger partial charge in [0.15, 0.2) is 0 Å². The van der Waals surface area contributed by atoms with Crippen molar-refractivity contribution in [1.29, 1.82) is 0 Å². The highest BCUT2D eigenvalue weighted by Gasteiger charge is 2.29. The summed E-state index contributed by atoms with van der Waals surface area (Å²) < 4.78 is 36.0. The van der Waals surface area contributed by atoms with Gasteiger partial charge in [-0.15, -0.1) is 0 Å². The van der Waals surface area contributed by atoms with Gasteiger partial charge in [0, 0.05) is 6.04 Å². The fraction of sp³-hybridized carbons (Fsp3) is 1.00. The Kier molecular flexibility index (Phi) is 4.90. The zero-order valence-electron chi connectivity index (χ0n) is 9.24. The van der Waals surface area contributed by atoms with Gasteiger partial charge >= 0.3 is 6.18 Å². The molecule has 1 nitrogen and oxygen atoms in total. The average Bonchev–Trinajstić information content (AvgIpc) is 2.41. The van der Waals surface area contributed by atoms with Crippen LogP contribution in [0.1, 0.15) is 45.4 Å². The second-order valence-corrected chi connectivity index (χ2v) is 4.54. The predicted octanol–water partition coefficient (Wildman–Crippen LogP) is 3.50. The molecule has 1 atom stereocenters. The summed E-state index contributed by atoms with van der Waals surface area (Å²) >= 11 is 0. The molecule has 0 radical (unpaired) electrons. The van der Waals surface area contributed by atoms with Crippen molar-refractivity contribution in [1.82, 2.24) is 5.32 Å². The fourth-order valence-electron chi connectivity index (χ4n) is 2.25. The molecule has 90 valence electrons. The van der Waals surface area contributed by atoms with E-state index in [4.69, 9.17) is 0 Å². The first kappa shape index (κ1) is 12.8. The minimum atomic E-state index is -4.08. The molecule has 1 rings (SSSR count). The van der Waals surface area contributed by atoms with Crippen molar-refractivity contribution in [3.05, 3.63) is 0 Å². The molecule has 1 N–H and O–H groups in total. The first-order chi connectivity index (χ1) is 6.99. The van der Waals surface area contributed by atoms with Crippen molar-refractivity contribution in [2.24, 2.45) is 5.92 Å². The minimum absolute atomic E-state index is 0.00951. The first-order valence-electron chi connectivity index (χ1n) is 5.79. The number of halogens is 3. The fourth-order valence-corrected chi connectivity index (χ4v) is 2.25.